The van der Waals surface area contributed by atoms with Crippen molar-refractivity contribution in [2.75, 3.05) is 21.3 Å². The number of halogens is 2. The molecule has 0 atom stereocenters. The van der Waals surface area contributed by atoms with Gasteiger partial charge in [-0.05, 0) is 45.8 Å². The molecule has 0 fully saturated rings. The molecular formula is C21H20Br2N4O4. The number of hydrazone groups is 1. The van der Waals surface area contributed by atoms with Gasteiger partial charge in [0.25, 0.3) is 5.91 Å². The number of hydrogen-bond donors (Lipinski definition) is 1. The third-order valence-electron chi connectivity index (χ3n) is 4.26. The summed E-state index contributed by atoms with van der Waals surface area (Å²) in [6.07, 6.45) is 3.23. The van der Waals surface area contributed by atoms with Gasteiger partial charge < -0.3 is 14.2 Å². The van der Waals surface area contributed by atoms with Gasteiger partial charge in [-0.15, -0.1) is 0 Å². The zero-order valence-electron chi connectivity index (χ0n) is 17.1. The van der Waals surface area contributed by atoms with Crippen LogP contribution in [-0.2, 0) is 6.54 Å². The van der Waals surface area contributed by atoms with E-state index in [1.165, 1.54) is 27.5 Å². The summed E-state index contributed by atoms with van der Waals surface area (Å²) in [5.41, 5.74) is 4.44. The third kappa shape index (κ3) is 5.65. The Morgan fingerprint density at radius 2 is 1.74 bits per heavy atom. The van der Waals surface area contributed by atoms with Gasteiger partial charge >= 0.3 is 0 Å². The summed E-state index contributed by atoms with van der Waals surface area (Å²) in [6.45, 7) is 0.536. The fourth-order valence-electron chi connectivity index (χ4n) is 2.80. The second-order valence-electron chi connectivity index (χ2n) is 6.31. The Hall–Kier alpha value is -2.85. The fourth-order valence-corrected chi connectivity index (χ4v) is 3.56. The molecule has 8 nitrogen and oxygen atoms in total. The molecule has 31 heavy (non-hydrogen) atoms. The van der Waals surface area contributed by atoms with Crippen LogP contribution in [0.2, 0.25) is 0 Å². The van der Waals surface area contributed by atoms with E-state index in [0.29, 0.717) is 33.8 Å². The number of carbonyl (C=O) groups excluding carboxylic acids is 1. The van der Waals surface area contributed by atoms with Crippen LogP contribution >= 0.6 is 31.9 Å². The van der Waals surface area contributed by atoms with Crippen LogP contribution in [-0.4, -0.2) is 43.2 Å². The number of methoxy groups -OCH3 is 3. The van der Waals surface area contributed by atoms with E-state index in [1.54, 1.807) is 23.0 Å². The highest BCUT2D eigenvalue weighted by atomic mass is 79.9. The van der Waals surface area contributed by atoms with E-state index in [4.69, 9.17) is 14.2 Å². The molecule has 0 aliphatic heterocycles. The predicted molar refractivity (Wildman–Crippen MR) is 124 cm³/mol. The Kier molecular flexibility index (Phi) is 7.69. The highest BCUT2D eigenvalue weighted by Gasteiger charge is 2.15. The summed E-state index contributed by atoms with van der Waals surface area (Å²) in [7, 11) is 4.59. The second kappa shape index (κ2) is 10.5. The molecule has 1 heterocycles. The molecule has 1 aromatic heterocycles. The summed E-state index contributed by atoms with van der Waals surface area (Å²) < 4.78 is 19.2. The van der Waals surface area contributed by atoms with Crippen molar-refractivity contribution in [3.05, 3.63) is 68.4 Å². The quantitative estimate of drug-likeness (QED) is 0.334. The van der Waals surface area contributed by atoms with Crippen LogP contribution in [0.1, 0.15) is 21.6 Å². The van der Waals surface area contributed by atoms with Crippen LogP contribution in [0.4, 0.5) is 0 Å². The van der Waals surface area contributed by atoms with E-state index < -0.39 is 5.91 Å². The van der Waals surface area contributed by atoms with E-state index in [9.17, 15) is 4.79 Å². The van der Waals surface area contributed by atoms with E-state index in [-0.39, 0.29) is 5.69 Å². The number of hydrogen-bond acceptors (Lipinski definition) is 6. The van der Waals surface area contributed by atoms with Crippen LogP contribution in [0, 0.1) is 0 Å². The molecule has 0 aliphatic rings. The molecule has 0 spiro atoms. The second-order valence-corrected chi connectivity index (χ2v) is 8.08. The van der Waals surface area contributed by atoms with Crippen LogP contribution in [0.3, 0.4) is 0 Å². The van der Waals surface area contributed by atoms with Gasteiger partial charge in [0.2, 0.25) is 5.75 Å². The topological polar surface area (TPSA) is 87.0 Å². The number of nitrogens with one attached hydrogen (secondary N) is 1. The molecule has 10 heteroatoms. The van der Waals surface area contributed by atoms with Gasteiger partial charge in [-0.25, -0.2) is 5.43 Å². The first-order valence-electron chi connectivity index (χ1n) is 9.06. The summed E-state index contributed by atoms with van der Waals surface area (Å²) >= 11 is 6.80. The molecule has 2 aromatic carbocycles. The van der Waals surface area contributed by atoms with Crippen molar-refractivity contribution < 1.29 is 19.0 Å². The molecule has 3 rings (SSSR count). The van der Waals surface area contributed by atoms with E-state index in [0.717, 1.165) is 10.0 Å². The van der Waals surface area contributed by atoms with Crippen molar-refractivity contribution in [3.8, 4) is 17.2 Å². The first-order chi connectivity index (χ1) is 14.9. The van der Waals surface area contributed by atoms with Crippen LogP contribution in [0.15, 0.2) is 56.6 Å². The number of benzene rings is 2. The average Bonchev–Trinajstić information content (AvgIpc) is 3.14. The molecule has 0 unspecified atom stereocenters. The number of aromatic nitrogens is 2. The molecule has 1 amide bonds. The molecule has 162 valence electrons. The van der Waals surface area contributed by atoms with Crippen LogP contribution in [0.25, 0.3) is 0 Å². The Morgan fingerprint density at radius 3 is 2.32 bits per heavy atom. The van der Waals surface area contributed by atoms with E-state index >= 15 is 0 Å². The molecule has 1 N–H and O–H groups in total. The fraction of sp³-hybridized carbons (Fsp3) is 0.190. The smallest absolute Gasteiger partial charge is 0.293 e. The monoisotopic (exact) mass is 550 g/mol. The SMILES string of the molecule is COc1cc(/C=N/NC(=O)c2nn(Cc3ccc(Br)cc3)cc2Br)cc(OC)c1OC. The molecule has 3 aromatic rings. The minimum absolute atomic E-state index is 0.235. The van der Waals surface area contributed by atoms with Crippen molar-refractivity contribution in [1.82, 2.24) is 15.2 Å². The molecule has 0 bridgehead atoms. The summed E-state index contributed by atoms with van der Waals surface area (Å²) in [5.74, 6) is 1.02. The lowest BCUT2D eigenvalue weighted by Gasteiger charge is -2.12. The highest BCUT2D eigenvalue weighted by Crippen LogP contribution is 2.37. The number of carbonyl (C=O) groups is 1. The lowest BCUT2D eigenvalue weighted by molar-refractivity contribution is 0.0948. The normalized spacial score (nSPS) is 10.9. The Bertz CT molecular complexity index is 1070. The van der Waals surface area contributed by atoms with E-state index in [2.05, 4.69) is 47.5 Å². The largest absolute Gasteiger partial charge is 0.493 e. The average molecular weight is 552 g/mol. The first-order valence-corrected chi connectivity index (χ1v) is 10.6. The van der Waals surface area contributed by atoms with Crippen molar-refractivity contribution in [2.45, 2.75) is 6.54 Å². The zero-order valence-corrected chi connectivity index (χ0v) is 20.2. The zero-order chi connectivity index (χ0) is 22.4. The number of nitrogens with zero attached hydrogens (tertiary/aromatic N) is 3. The third-order valence-corrected chi connectivity index (χ3v) is 5.37. The van der Waals surface area contributed by atoms with Gasteiger partial charge in [-0.2, -0.15) is 10.2 Å². The van der Waals surface area contributed by atoms with Gasteiger partial charge in [0, 0.05) is 16.2 Å². The predicted octanol–water partition coefficient (Wildman–Crippen LogP) is 4.25. The van der Waals surface area contributed by atoms with Gasteiger partial charge in [-0.3, -0.25) is 9.48 Å². The summed E-state index contributed by atoms with van der Waals surface area (Å²) in [6, 6.07) is 11.3. The minimum atomic E-state index is -0.440. The molecule has 0 aliphatic carbocycles. The Balaban J connectivity index is 1.70. The lowest BCUT2D eigenvalue weighted by atomic mass is 10.2. The molecule has 0 radical (unpaired) electrons. The summed E-state index contributed by atoms with van der Waals surface area (Å²) in [5, 5.41) is 8.36. The van der Waals surface area contributed by atoms with Crippen LogP contribution in [0.5, 0.6) is 17.2 Å². The van der Waals surface area contributed by atoms with E-state index in [1.807, 2.05) is 24.3 Å². The van der Waals surface area contributed by atoms with Crippen LogP contribution < -0.4 is 19.6 Å². The maximum Gasteiger partial charge on any atom is 0.293 e. The maximum absolute atomic E-state index is 12.5. The molecule has 0 saturated heterocycles. The number of ether oxygens (including phenoxy) is 3. The standard InChI is InChI=1S/C21H20Br2N4O4/c1-29-17-8-14(9-18(30-2)20(17)31-3)10-24-25-21(28)19-16(23)12-27(26-19)11-13-4-6-15(22)7-5-13/h4-10,12H,11H2,1-3H3,(H,25,28)/b24-10+. The minimum Gasteiger partial charge on any atom is -0.493 e. The first kappa shape index (κ1) is 22.8. The van der Waals surface area contributed by atoms with Gasteiger partial charge in [0.15, 0.2) is 17.2 Å². The van der Waals surface area contributed by atoms with Crippen molar-refractivity contribution in [1.29, 1.82) is 0 Å². The Labute approximate surface area is 196 Å². The number of rotatable bonds is 8. The lowest BCUT2D eigenvalue weighted by Crippen LogP contribution is -2.19. The number of amides is 1. The van der Waals surface area contributed by atoms with Gasteiger partial charge in [-0.1, -0.05) is 28.1 Å². The van der Waals surface area contributed by atoms with Crippen molar-refractivity contribution >= 4 is 44.0 Å². The van der Waals surface area contributed by atoms with Crippen molar-refractivity contribution in [3.63, 3.8) is 0 Å². The molecule has 0 saturated carbocycles. The summed E-state index contributed by atoms with van der Waals surface area (Å²) in [4.78, 5) is 12.5. The van der Waals surface area contributed by atoms with Gasteiger partial charge in [0.05, 0.1) is 38.6 Å². The maximum atomic E-state index is 12.5. The molecular weight excluding hydrogens is 532 g/mol. The Morgan fingerprint density at radius 1 is 1.10 bits per heavy atom. The highest BCUT2D eigenvalue weighted by molar-refractivity contribution is 9.10. The van der Waals surface area contributed by atoms with Gasteiger partial charge in [0.1, 0.15) is 0 Å². The van der Waals surface area contributed by atoms with Crippen molar-refractivity contribution in [2.24, 2.45) is 5.10 Å².